The predicted octanol–water partition coefficient (Wildman–Crippen LogP) is 0.0279. The van der Waals surface area contributed by atoms with Gasteiger partial charge in [-0.2, -0.15) is 4.99 Å². The molecule has 0 saturated heterocycles. The number of hydrogen-bond donors (Lipinski definition) is 6. The number of nitrogens with two attached hydrogens (primary N) is 2. The van der Waals surface area contributed by atoms with Crippen LogP contribution in [0, 0.1) is 11.6 Å². The maximum absolute atomic E-state index is 13.6. The second kappa shape index (κ2) is 10.9. The average Bonchev–Trinajstić information content (AvgIpc) is 2.57. The molecule has 0 radical (unpaired) electrons. The standard InChI is InChI=1S/C16H24F2N6O3/c1-2-21-16(27)24-15(20)22-5-3-4-13(19)14(26)23-8-10-11(17)6-9(25)7-12(10)18/h6-7,13,25H,2-5,8,19H2,1H3,(H,23,26)(H4,20,21,22,24,27)/t13-/m1/s1. The number of urea groups is 1. The zero-order valence-electron chi connectivity index (χ0n) is 14.9. The molecule has 0 aromatic heterocycles. The average molecular weight is 386 g/mol. The van der Waals surface area contributed by atoms with E-state index in [4.69, 9.17) is 16.6 Å². The highest BCUT2D eigenvalue weighted by atomic mass is 19.1. The van der Waals surface area contributed by atoms with Gasteiger partial charge in [0.15, 0.2) is 5.96 Å². The van der Waals surface area contributed by atoms with E-state index < -0.39 is 41.9 Å². The first-order valence-corrected chi connectivity index (χ1v) is 8.30. The van der Waals surface area contributed by atoms with Gasteiger partial charge in [-0.25, -0.2) is 13.6 Å². The Labute approximate surface area is 155 Å². The summed E-state index contributed by atoms with van der Waals surface area (Å²) in [6, 6.07) is 0.0510. The van der Waals surface area contributed by atoms with Crippen LogP contribution in [0.3, 0.4) is 0 Å². The van der Waals surface area contributed by atoms with Crippen LogP contribution in [-0.4, -0.2) is 42.1 Å². The number of nitrogens with one attached hydrogen (secondary N) is 3. The number of rotatable bonds is 8. The van der Waals surface area contributed by atoms with Crippen LogP contribution in [0.25, 0.3) is 0 Å². The van der Waals surface area contributed by atoms with Crippen LogP contribution >= 0.6 is 0 Å². The molecule has 8 N–H and O–H groups in total. The fraction of sp³-hybridized carbons (Fsp3) is 0.438. The molecule has 11 heteroatoms. The number of guanidine groups is 1. The quantitative estimate of drug-likeness (QED) is 0.210. The van der Waals surface area contributed by atoms with E-state index in [-0.39, 0.29) is 17.9 Å². The highest BCUT2D eigenvalue weighted by Gasteiger charge is 2.16. The normalized spacial score (nSPS) is 12.4. The smallest absolute Gasteiger partial charge is 0.344 e. The number of aromatic hydroxyl groups is 1. The minimum atomic E-state index is -0.965. The van der Waals surface area contributed by atoms with E-state index in [9.17, 15) is 18.4 Å². The van der Waals surface area contributed by atoms with Crippen molar-refractivity contribution in [3.8, 4) is 5.75 Å². The Kier molecular flexibility index (Phi) is 8.93. The molecule has 0 aliphatic heterocycles. The van der Waals surface area contributed by atoms with E-state index in [2.05, 4.69) is 20.9 Å². The molecule has 27 heavy (non-hydrogen) atoms. The maximum atomic E-state index is 13.6. The van der Waals surface area contributed by atoms with Crippen LogP contribution in [0.2, 0.25) is 0 Å². The van der Waals surface area contributed by atoms with Gasteiger partial charge in [0.05, 0.1) is 6.04 Å². The van der Waals surface area contributed by atoms with E-state index in [1.165, 1.54) is 0 Å². The van der Waals surface area contributed by atoms with Crippen molar-refractivity contribution in [3.05, 3.63) is 29.3 Å². The van der Waals surface area contributed by atoms with Gasteiger partial charge in [0, 0.05) is 37.3 Å². The fourth-order valence-corrected chi connectivity index (χ4v) is 2.07. The summed E-state index contributed by atoms with van der Waals surface area (Å²) in [5, 5.41) is 16.6. The van der Waals surface area contributed by atoms with Crippen molar-refractivity contribution < 1.29 is 23.5 Å². The van der Waals surface area contributed by atoms with Crippen LogP contribution in [0.4, 0.5) is 13.6 Å². The zero-order valence-corrected chi connectivity index (χ0v) is 14.9. The number of phenols is 1. The first-order chi connectivity index (χ1) is 12.7. The Hall–Kier alpha value is -2.95. The largest absolute Gasteiger partial charge is 0.508 e. The second-order valence-electron chi connectivity index (χ2n) is 5.61. The summed E-state index contributed by atoms with van der Waals surface area (Å²) in [5.41, 5.74) is 10.9. The van der Waals surface area contributed by atoms with E-state index in [1.54, 1.807) is 6.92 Å². The minimum Gasteiger partial charge on any atom is -0.508 e. The molecule has 0 aliphatic carbocycles. The molecule has 0 saturated carbocycles. The molecule has 3 amide bonds. The third-order valence-corrected chi connectivity index (χ3v) is 3.45. The van der Waals surface area contributed by atoms with E-state index in [0.717, 1.165) is 12.1 Å². The SMILES string of the molecule is CCNC(=O)/N=C(/N)NCCC[C@@H](N)C(=O)NCc1c(F)cc(O)cc1F. The Morgan fingerprint density at radius 3 is 2.44 bits per heavy atom. The number of hydrogen-bond acceptors (Lipinski definition) is 4. The molecule has 1 aromatic rings. The van der Waals surface area contributed by atoms with Crippen molar-refractivity contribution in [3.63, 3.8) is 0 Å². The van der Waals surface area contributed by atoms with Gasteiger partial charge in [-0.15, -0.1) is 0 Å². The number of carbonyl (C=O) groups is 2. The lowest BCUT2D eigenvalue weighted by Gasteiger charge is -2.13. The lowest BCUT2D eigenvalue weighted by Crippen LogP contribution is -2.41. The van der Waals surface area contributed by atoms with Crippen molar-refractivity contribution in [2.45, 2.75) is 32.4 Å². The molecule has 0 spiro atoms. The molecule has 0 unspecified atom stereocenters. The van der Waals surface area contributed by atoms with Gasteiger partial charge < -0.3 is 32.5 Å². The minimum absolute atomic E-state index is 0.0581. The van der Waals surface area contributed by atoms with Crippen LogP contribution in [-0.2, 0) is 11.3 Å². The molecule has 0 bridgehead atoms. The van der Waals surface area contributed by atoms with Gasteiger partial charge in [-0.1, -0.05) is 0 Å². The van der Waals surface area contributed by atoms with Crippen LogP contribution in [0.15, 0.2) is 17.1 Å². The molecule has 1 atom stereocenters. The van der Waals surface area contributed by atoms with Gasteiger partial charge in [-0.3, -0.25) is 4.79 Å². The summed E-state index contributed by atoms with van der Waals surface area (Å²) in [5.74, 6) is -3.11. The Bertz CT molecular complexity index is 676. The third kappa shape index (κ3) is 7.86. The number of carbonyl (C=O) groups excluding carboxylic acids is 2. The van der Waals surface area contributed by atoms with Gasteiger partial charge in [0.25, 0.3) is 0 Å². The number of aliphatic imine (C=N–C) groups is 1. The summed E-state index contributed by atoms with van der Waals surface area (Å²) in [6.45, 7) is 2.11. The third-order valence-electron chi connectivity index (χ3n) is 3.45. The number of halogens is 2. The molecule has 150 valence electrons. The fourth-order valence-electron chi connectivity index (χ4n) is 2.07. The molecular formula is C16H24F2N6O3. The molecular weight excluding hydrogens is 362 g/mol. The second-order valence-corrected chi connectivity index (χ2v) is 5.61. The molecule has 0 fully saturated rings. The molecule has 1 aromatic carbocycles. The highest BCUT2D eigenvalue weighted by Crippen LogP contribution is 2.19. The maximum Gasteiger partial charge on any atom is 0.344 e. The predicted molar refractivity (Wildman–Crippen MR) is 95.8 cm³/mol. The van der Waals surface area contributed by atoms with Crippen LogP contribution in [0.5, 0.6) is 5.75 Å². The summed E-state index contributed by atoms with van der Waals surface area (Å²) in [7, 11) is 0. The summed E-state index contributed by atoms with van der Waals surface area (Å²) < 4.78 is 27.2. The molecule has 9 nitrogen and oxygen atoms in total. The lowest BCUT2D eigenvalue weighted by atomic mass is 10.1. The first-order valence-electron chi connectivity index (χ1n) is 8.30. The molecule has 1 rings (SSSR count). The Morgan fingerprint density at radius 2 is 1.85 bits per heavy atom. The summed E-state index contributed by atoms with van der Waals surface area (Å²) in [4.78, 5) is 26.6. The molecule has 0 heterocycles. The van der Waals surface area contributed by atoms with Crippen LogP contribution < -0.4 is 27.4 Å². The number of benzene rings is 1. The van der Waals surface area contributed by atoms with Gasteiger partial charge in [0.2, 0.25) is 5.91 Å². The van der Waals surface area contributed by atoms with Crippen molar-refractivity contribution in [2.24, 2.45) is 16.5 Å². The van der Waals surface area contributed by atoms with Crippen molar-refractivity contribution in [1.29, 1.82) is 0 Å². The van der Waals surface area contributed by atoms with E-state index in [1.807, 2.05) is 0 Å². The van der Waals surface area contributed by atoms with Gasteiger partial charge in [-0.05, 0) is 19.8 Å². The van der Waals surface area contributed by atoms with Crippen molar-refractivity contribution in [2.75, 3.05) is 13.1 Å². The topological polar surface area (TPSA) is 155 Å². The highest BCUT2D eigenvalue weighted by molar-refractivity contribution is 5.91. The lowest BCUT2D eigenvalue weighted by molar-refractivity contribution is -0.122. The van der Waals surface area contributed by atoms with Crippen molar-refractivity contribution >= 4 is 17.9 Å². The van der Waals surface area contributed by atoms with Crippen LogP contribution in [0.1, 0.15) is 25.3 Å². The van der Waals surface area contributed by atoms with Crippen molar-refractivity contribution in [1.82, 2.24) is 16.0 Å². The van der Waals surface area contributed by atoms with Gasteiger partial charge >= 0.3 is 6.03 Å². The number of phenolic OH excluding ortho intramolecular Hbond substituents is 1. The Balaban J connectivity index is 2.36. The number of nitrogens with zero attached hydrogens (tertiary/aromatic N) is 1. The summed E-state index contributed by atoms with van der Waals surface area (Å²) >= 11 is 0. The Morgan fingerprint density at radius 1 is 1.22 bits per heavy atom. The molecule has 0 aliphatic rings. The number of amides is 3. The summed E-state index contributed by atoms with van der Waals surface area (Å²) in [6.07, 6.45) is 0.718. The van der Waals surface area contributed by atoms with E-state index >= 15 is 0 Å². The monoisotopic (exact) mass is 386 g/mol. The van der Waals surface area contributed by atoms with Gasteiger partial charge in [0.1, 0.15) is 17.4 Å². The van der Waals surface area contributed by atoms with E-state index in [0.29, 0.717) is 19.5 Å². The first kappa shape index (κ1) is 22.1. The zero-order chi connectivity index (χ0) is 20.4.